The first-order valence-corrected chi connectivity index (χ1v) is 12.6. The van der Waals surface area contributed by atoms with E-state index in [0.29, 0.717) is 5.56 Å². The maximum atomic E-state index is 13.6. The lowest BCUT2D eigenvalue weighted by atomic mass is 9.94. The number of primary amides is 1. The van der Waals surface area contributed by atoms with Crippen LogP contribution in [0, 0.1) is 0 Å². The minimum Gasteiger partial charge on any atom is -0.461 e. The second-order valence-corrected chi connectivity index (χ2v) is 9.46. The summed E-state index contributed by atoms with van der Waals surface area (Å²) >= 11 is 0. The van der Waals surface area contributed by atoms with Crippen LogP contribution < -0.4 is 11.1 Å². The SMILES string of the molecule is NC(=O)[C@H](CC(=O)OCc1ccccc1)NC(=O)[C@H]1Cc2c([nH]c3ccccc23)CN1C(=O)c1ccccc1. The quantitative estimate of drug-likeness (QED) is 0.305. The lowest BCUT2D eigenvalue weighted by Gasteiger charge is -2.35. The Labute approximate surface area is 224 Å². The van der Waals surface area contributed by atoms with Crippen LogP contribution in [0.25, 0.3) is 10.9 Å². The standard InChI is InChI=1S/C30H28N4O5/c31-28(36)24(16-27(35)39-18-19-9-3-1-4-10-19)33-29(37)26-15-22-21-13-7-8-14-23(21)32-25(22)17-34(26)30(38)20-11-5-2-6-12-20/h1-14,24,26,32H,15-18H2,(H2,31,36)(H,33,37)/t24-,26+/m0/s1. The van der Waals surface area contributed by atoms with Gasteiger partial charge in [-0.15, -0.1) is 0 Å². The number of fused-ring (bicyclic) bond motifs is 3. The summed E-state index contributed by atoms with van der Waals surface area (Å²) in [5.41, 5.74) is 9.46. The van der Waals surface area contributed by atoms with Crippen molar-refractivity contribution in [3.8, 4) is 0 Å². The van der Waals surface area contributed by atoms with Crippen molar-refractivity contribution >= 4 is 34.6 Å². The molecule has 1 aliphatic rings. The minimum atomic E-state index is -1.29. The molecule has 0 fully saturated rings. The molecule has 9 heteroatoms. The van der Waals surface area contributed by atoms with E-state index in [1.54, 1.807) is 42.5 Å². The number of benzene rings is 3. The summed E-state index contributed by atoms with van der Waals surface area (Å²) in [6.45, 7) is 0.209. The second-order valence-electron chi connectivity index (χ2n) is 9.46. The first-order valence-electron chi connectivity index (χ1n) is 12.6. The van der Waals surface area contributed by atoms with E-state index < -0.39 is 36.3 Å². The van der Waals surface area contributed by atoms with Gasteiger partial charge in [-0.2, -0.15) is 0 Å². The van der Waals surface area contributed by atoms with Crippen LogP contribution in [0.4, 0.5) is 0 Å². The summed E-state index contributed by atoms with van der Waals surface area (Å²) < 4.78 is 5.27. The molecule has 2 heterocycles. The van der Waals surface area contributed by atoms with Gasteiger partial charge in [0, 0.05) is 28.6 Å². The molecule has 3 aromatic carbocycles. The molecule has 3 amide bonds. The molecule has 198 valence electrons. The van der Waals surface area contributed by atoms with E-state index in [4.69, 9.17) is 10.5 Å². The summed E-state index contributed by atoms with van der Waals surface area (Å²) in [6, 6.07) is 23.3. The predicted molar refractivity (Wildman–Crippen MR) is 144 cm³/mol. The first-order chi connectivity index (χ1) is 18.9. The molecule has 0 saturated carbocycles. The van der Waals surface area contributed by atoms with Crippen LogP contribution in [0.3, 0.4) is 0 Å². The smallest absolute Gasteiger partial charge is 0.308 e. The van der Waals surface area contributed by atoms with Gasteiger partial charge in [-0.3, -0.25) is 19.2 Å². The number of ether oxygens (including phenoxy) is 1. The molecule has 9 nitrogen and oxygen atoms in total. The maximum Gasteiger partial charge on any atom is 0.308 e. The fourth-order valence-corrected chi connectivity index (χ4v) is 4.86. The van der Waals surface area contributed by atoms with Crippen LogP contribution >= 0.6 is 0 Å². The van der Waals surface area contributed by atoms with E-state index in [-0.39, 0.29) is 25.5 Å². The Morgan fingerprint density at radius 2 is 1.62 bits per heavy atom. The van der Waals surface area contributed by atoms with Crippen molar-refractivity contribution in [2.24, 2.45) is 5.73 Å². The lowest BCUT2D eigenvalue weighted by Crippen LogP contribution is -2.56. The van der Waals surface area contributed by atoms with Gasteiger partial charge >= 0.3 is 5.97 Å². The molecule has 39 heavy (non-hydrogen) atoms. The number of nitrogens with one attached hydrogen (secondary N) is 2. The van der Waals surface area contributed by atoms with Crippen molar-refractivity contribution in [3.05, 3.63) is 107 Å². The van der Waals surface area contributed by atoms with E-state index in [0.717, 1.165) is 27.7 Å². The number of nitrogens with zero attached hydrogens (tertiary/aromatic N) is 1. The molecule has 0 aliphatic carbocycles. The van der Waals surface area contributed by atoms with Crippen LogP contribution in [0.15, 0.2) is 84.9 Å². The highest BCUT2D eigenvalue weighted by Crippen LogP contribution is 2.31. The molecule has 0 bridgehead atoms. The van der Waals surface area contributed by atoms with Crippen molar-refractivity contribution in [2.45, 2.75) is 38.1 Å². The van der Waals surface area contributed by atoms with Gasteiger partial charge in [0.15, 0.2) is 0 Å². The van der Waals surface area contributed by atoms with Gasteiger partial charge in [-0.25, -0.2) is 0 Å². The zero-order valence-electron chi connectivity index (χ0n) is 21.1. The molecule has 2 atom stereocenters. The van der Waals surface area contributed by atoms with Crippen molar-refractivity contribution in [1.29, 1.82) is 0 Å². The van der Waals surface area contributed by atoms with E-state index in [9.17, 15) is 19.2 Å². The van der Waals surface area contributed by atoms with Gasteiger partial charge in [0.2, 0.25) is 11.8 Å². The molecular weight excluding hydrogens is 496 g/mol. The molecule has 0 unspecified atom stereocenters. The van der Waals surface area contributed by atoms with E-state index in [1.165, 1.54) is 4.90 Å². The number of amides is 3. The van der Waals surface area contributed by atoms with Gasteiger partial charge < -0.3 is 25.7 Å². The fraction of sp³-hybridized carbons (Fsp3) is 0.200. The highest BCUT2D eigenvalue weighted by Gasteiger charge is 2.38. The van der Waals surface area contributed by atoms with E-state index in [2.05, 4.69) is 10.3 Å². The molecular formula is C30H28N4O5. The summed E-state index contributed by atoms with van der Waals surface area (Å²) in [5, 5.41) is 3.57. The van der Waals surface area contributed by atoms with Crippen LogP contribution in [0.5, 0.6) is 0 Å². The number of H-pyrrole nitrogens is 1. The zero-order valence-corrected chi connectivity index (χ0v) is 21.1. The molecule has 1 aliphatic heterocycles. The zero-order chi connectivity index (χ0) is 27.4. The number of esters is 1. The second kappa shape index (κ2) is 11.2. The van der Waals surface area contributed by atoms with Crippen molar-refractivity contribution in [2.75, 3.05) is 0 Å². The van der Waals surface area contributed by atoms with Gasteiger partial charge in [-0.05, 0) is 29.3 Å². The fourth-order valence-electron chi connectivity index (χ4n) is 4.86. The van der Waals surface area contributed by atoms with Gasteiger partial charge in [0.25, 0.3) is 5.91 Å². The number of hydrogen-bond donors (Lipinski definition) is 3. The number of nitrogens with two attached hydrogens (primary N) is 1. The molecule has 4 N–H and O–H groups in total. The first kappa shape index (κ1) is 25.7. The Kier molecular flexibility index (Phi) is 7.40. The number of aromatic amines is 1. The van der Waals surface area contributed by atoms with Crippen LogP contribution in [-0.4, -0.2) is 45.7 Å². The largest absolute Gasteiger partial charge is 0.461 e. The Bertz CT molecular complexity index is 1520. The van der Waals surface area contributed by atoms with Crippen LogP contribution in [0.1, 0.15) is 33.6 Å². The molecule has 4 aromatic rings. The topological polar surface area (TPSA) is 135 Å². The Morgan fingerprint density at radius 3 is 2.33 bits per heavy atom. The minimum absolute atomic E-state index is 0.0322. The molecule has 0 radical (unpaired) electrons. The summed E-state index contributed by atoms with van der Waals surface area (Å²) in [6.07, 6.45) is -0.195. The highest BCUT2D eigenvalue weighted by atomic mass is 16.5. The van der Waals surface area contributed by atoms with E-state index in [1.807, 2.05) is 42.5 Å². The normalized spacial score (nSPS) is 15.3. The monoisotopic (exact) mass is 524 g/mol. The van der Waals surface area contributed by atoms with Crippen LogP contribution in [0.2, 0.25) is 0 Å². The maximum absolute atomic E-state index is 13.6. The lowest BCUT2D eigenvalue weighted by molar-refractivity contribution is -0.147. The number of hydrogen-bond acceptors (Lipinski definition) is 5. The average Bonchev–Trinajstić information content (AvgIpc) is 3.33. The van der Waals surface area contributed by atoms with E-state index >= 15 is 0 Å². The third-order valence-corrected chi connectivity index (χ3v) is 6.86. The third-order valence-electron chi connectivity index (χ3n) is 6.86. The summed E-state index contributed by atoms with van der Waals surface area (Å²) in [4.78, 5) is 56.7. The number of rotatable bonds is 8. The number of aromatic nitrogens is 1. The summed E-state index contributed by atoms with van der Waals surface area (Å²) in [7, 11) is 0. The average molecular weight is 525 g/mol. The number of para-hydroxylation sites is 1. The Morgan fingerprint density at radius 1 is 0.949 bits per heavy atom. The van der Waals surface area contributed by atoms with Crippen molar-refractivity contribution in [3.63, 3.8) is 0 Å². The highest BCUT2D eigenvalue weighted by molar-refractivity contribution is 6.00. The molecule has 0 spiro atoms. The van der Waals surface area contributed by atoms with Crippen LogP contribution in [-0.2, 0) is 38.7 Å². The molecule has 1 aromatic heterocycles. The summed E-state index contributed by atoms with van der Waals surface area (Å²) in [5.74, 6) is -2.44. The van der Waals surface area contributed by atoms with Crippen molar-refractivity contribution in [1.82, 2.24) is 15.2 Å². The number of carbonyl (C=O) groups is 4. The predicted octanol–water partition coefficient (Wildman–Crippen LogP) is 2.84. The number of carbonyl (C=O) groups excluding carboxylic acids is 4. The molecule has 0 saturated heterocycles. The van der Waals surface area contributed by atoms with Gasteiger partial charge in [0.1, 0.15) is 18.7 Å². The van der Waals surface area contributed by atoms with Crippen molar-refractivity contribution < 1.29 is 23.9 Å². The Hall–Kier alpha value is -4.92. The Balaban J connectivity index is 1.36. The van der Waals surface area contributed by atoms with Gasteiger partial charge in [0.05, 0.1) is 13.0 Å². The third kappa shape index (κ3) is 5.67. The van der Waals surface area contributed by atoms with Gasteiger partial charge in [-0.1, -0.05) is 66.7 Å². The molecule has 5 rings (SSSR count).